The quantitative estimate of drug-likeness (QED) is 0.703. The van der Waals surface area contributed by atoms with E-state index < -0.39 is 18.6 Å². The molecular formula is C11H12Cl2N2O4. The molecule has 0 fully saturated rings. The number of aliphatic carboxylic acids is 1. The lowest BCUT2D eigenvalue weighted by Gasteiger charge is -2.08. The Labute approximate surface area is 119 Å². The molecule has 0 aromatic heterocycles. The summed E-state index contributed by atoms with van der Waals surface area (Å²) >= 11 is 11.6. The molecule has 1 rings (SSSR count). The highest BCUT2D eigenvalue weighted by atomic mass is 35.5. The lowest BCUT2D eigenvalue weighted by atomic mass is 10.3. The van der Waals surface area contributed by atoms with E-state index in [4.69, 9.17) is 33.0 Å². The Bertz CT molecular complexity index is 448. The molecule has 0 radical (unpaired) electrons. The van der Waals surface area contributed by atoms with Gasteiger partial charge in [-0.1, -0.05) is 23.2 Å². The van der Waals surface area contributed by atoms with Gasteiger partial charge in [0.05, 0.1) is 6.61 Å². The molecule has 0 saturated heterocycles. The maximum atomic E-state index is 11.5. The van der Waals surface area contributed by atoms with Gasteiger partial charge in [0.2, 0.25) is 0 Å². The van der Waals surface area contributed by atoms with E-state index in [0.29, 0.717) is 15.7 Å². The van der Waals surface area contributed by atoms with Crippen LogP contribution in [0.1, 0.15) is 0 Å². The molecule has 0 aliphatic heterocycles. The summed E-state index contributed by atoms with van der Waals surface area (Å²) in [6.07, 6.45) is 0. The molecule has 19 heavy (non-hydrogen) atoms. The summed E-state index contributed by atoms with van der Waals surface area (Å²) in [5.74, 6) is -1.06. The lowest BCUT2D eigenvalue weighted by Crippen LogP contribution is -2.31. The van der Waals surface area contributed by atoms with Crippen LogP contribution in [0.2, 0.25) is 10.0 Å². The predicted octanol–water partition coefficient (Wildman–Crippen LogP) is 2.22. The van der Waals surface area contributed by atoms with E-state index in [9.17, 15) is 9.59 Å². The Kier molecular flexibility index (Phi) is 6.41. The van der Waals surface area contributed by atoms with Crippen molar-refractivity contribution < 1.29 is 19.4 Å². The summed E-state index contributed by atoms with van der Waals surface area (Å²) in [7, 11) is 0. The minimum absolute atomic E-state index is 0.107. The molecule has 104 valence electrons. The van der Waals surface area contributed by atoms with Crippen LogP contribution in [0.5, 0.6) is 0 Å². The van der Waals surface area contributed by atoms with Crippen LogP contribution in [0, 0.1) is 0 Å². The molecule has 1 aromatic rings. The molecule has 0 aliphatic carbocycles. The number of urea groups is 1. The normalized spacial score (nSPS) is 10.0. The Morgan fingerprint density at radius 2 is 1.84 bits per heavy atom. The van der Waals surface area contributed by atoms with E-state index in [1.54, 1.807) is 18.2 Å². The fraction of sp³-hybridized carbons (Fsp3) is 0.273. The molecule has 0 unspecified atom stereocenters. The third-order valence-electron chi connectivity index (χ3n) is 1.88. The van der Waals surface area contributed by atoms with Crippen molar-refractivity contribution >= 4 is 40.9 Å². The zero-order valence-electron chi connectivity index (χ0n) is 9.78. The van der Waals surface area contributed by atoms with Crippen molar-refractivity contribution in [3.05, 3.63) is 28.2 Å². The topological polar surface area (TPSA) is 87.7 Å². The van der Waals surface area contributed by atoms with E-state index in [1.165, 1.54) is 0 Å². The molecule has 0 spiro atoms. The first kappa shape index (κ1) is 15.6. The number of halogens is 2. The lowest BCUT2D eigenvalue weighted by molar-refractivity contribution is -0.142. The molecule has 0 heterocycles. The van der Waals surface area contributed by atoms with Crippen LogP contribution >= 0.6 is 23.2 Å². The number of amides is 2. The summed E-state index contributed by atoms with van der Waals surface area (Å²) in [5.41, 5.74) is 0.460. The molecular weight excluding hydrogens is 295 g/mol. The first-order valence-corrected chi connectivity index (χ1v) is 6.03. The number of carbonyl (C=O) groups is 2. The van der Waals surface area contributed by atoms with Crippen LogP contribution in [0.3, 0.4) is 0 Å². The van der Waals surface area contributed by atoms with Gasteiger partial charge >= 0.3 is 12.0 Å². The number of ether oxygens (including phenoxy) is 1. The Morgan fingerprint density at radius 3 is 2.42 bits per heavy atom. The number of hydrogen-bond acceptors (Lipinski definition) is 3. The number of carboxylic acid groups (broad SMARTS) is 1. The smallest absolute Gasteiger partial charge is 0.329 e. The van der Waals surface area contributed by atoms with Crippen molar-refractivity contribution in [1.82, 2.24) is 5.32 Å². The largest absolute Gasteiger partial charge is 0.480 e. The number of carbonyl (C=O) groups excluding carboxylic acids is 1. The standard InChI is InChI=1S/C11H12Cl2N2O4/c12-7-3-8(13)5-9(4-7)15-11(18)14-1-2-19-6-10(16)17/h3-5H,1-2,6H2,(H,16,17)(H2,14,15,18). The predicted molar refractivity (Wildman–Crippen MR) is 71.9 cm³/mol. The molecule has 6 nitrogen and oxygen atoms in total. The van der Waals surface area contributed by atoms with Crippen molar-refractivity contribution in [2.45, 2.75) is 0 Å². The van der Waals surface area contributed by atoms with Gasteiger partial charge < -0.3 is 20.5 Å². The average Bonchev–Trinajstić information content (AvgIpc) is 2.26. The minimum atomic E-state index is -1.06. The number of hydrogen-bond donors (Lipinski definition) is 3. The van der Waals surface area contributed by atoms with Crippen LogP contribution < -0.4 is 10.6 Å². The number of rotatable bonds is 6. The molecule has 0 aliphatic rings. The minimum Gasteiger partial charge on any atom is -0.480 e. The zero-order valence-corrected chi connectivity index (χ0v) is 11.3. The number of anilines is 1. The maximum Gasteiger partial charge on any atom is 0.329 e. The van der Waals surface area contributed by atoms with Crippen LogP contribution in [-0.2, 0) is 9.53 Å². The van der Waals surface area contributed by atoms with Gasteiger partial charge in [0.15, 0.2) is 0 Å². The highest BCUT2D eigenvalue weighted by Crippen LogP contribution is 2.22. The second-order valence-corrected chi connectivity index (χ2v) is 4.36. The van der Waals surface area contributed by atoms with Crippen molar-refractivity contribution in [2.24, 2.45) is 0 Å². The molecule has 0 saturated carbocycles. The van der Waals surface area contributed by atoms with E-state index in [0.717, 1.165) is 0 Å². The van der Waals surface area contributed by atoms with Crippen LogP contribution in [-0.4, -0.2) is 36.9 Å². The van der Waals surface area contributed by atoms with Gasteiger partial charge in [-0.05, 0) is 18.2 Å². The highest BCUT2D eigenvalue weighted by Gasteiger charge is 2.03. The van der Waals surface area contributed by atoms with E-state index in [1.807, 2.05) is 0 Å². The second-order valence-electron chi connectivity index (χ2n) is 3.49. The molecule has 1 aromatic carbocycles. The van der Waals surface area contributed by atoms with Gasteiger partial charge in [0.1, 0.15) is 6.61 Å². The monoisotopic (exact) mass is 306 g/mol. The van der Waals surface area contributed by atoms with Gasteiger partial charge in [-0.2, -0.15) is 0 Å². The molecule has 3 N–H and O–H groups in total. The summed E-state index contributed by atoms with van der Waals surface area (Å²) in [5, 5.41) is 14.2. The average molecular weight is 307 g/mol. The zero-order chi connectivity index (χ0) is 14.3. The van der Waals surface area contributed by atoms with Crippen LogP contribution in [0.15, 0.2) is 18.2 Å². The van der Waals surface area contributed by atoms with Gasteiger partial charge in [-0.3, -0.25) is 0 Å². The molecule has 0 atom stereocenters. The Balaban J connectivity index is 2.29. The third kappa shape index (κ3) is 6.85. The number of carboxylic acids is 1. The number of nitrogens with one attached hydrogen (secondary N) is 2. The van der Waals surface area contributed by atoms with Crippen molar-refractivity contribution in [3.63, 3.8) is 0 Å². The summed E-state index contributed by atoms with van der Waals surface area (Å²) in [6.45, 7) is -0.101. The number of benzene rings is 1. The van der Waals surface area contributed by atoms with E-state index in [2.05, 4.69) is 10.6 Å². The fourth-order valence-corrected chi connectivity index (χ4v) is 1.72. The van der Waals surface area contributed by atoms with Gasteiger partial charge in [0.25, 0.3) is 0 Å². The van der Waals surface area contributed by atoms with Crippen molar-refractivity contribution in [3.8, 4) is 0 Å². The summed E-state index contributed by atoms with van der Waals surface area (Å²) in [4.78, 5) is 21.6. The van der Waals surface area contributed by atoms with E-state index >= 15 is 0 Å². The fourth-order valence-electron chi connectivity index (χ4n) is 1.20. The SMILES string of the molecule is O=C(O)COCCNC(=O)Nc1cc(Cl)cc(Cl)c1. The van der Waals surface area contributed by atoms with Crippen LogP contribution in [0.25, 0.3) is 0 Å². The first-order valence-electron chi connectivity index (χ1n) is 5.28. The van der Waals surface area contributed by atoms with Gasteiger partial charge in [-0.25, -0.2) is 9.59 Å². The van der Waals surface area contributed by atoms with Crippen molar-refractivity contribution in [2.75, 3.05) is 25.1 Å². The molecule has 8 heteroatoms. The third-order valence-corrected chi connectivity index (χ3v) is 2.31. The molecule has 0 bridgehead atoms. The Morgan fingerprint density at radius 1 is 1.21 bits per heavy atom. The van der Waals surface area contributed by atoms with Crippen LogP contribution in [0.4, 0.5) is 10.5 Å². The van der Waals surface area contributed by atoms with Gasteiger partial charge in [-0.15, -0.1) is 0 Å². The maximum absolute atomic E-state index is 11.5. The van der Waals surface area contributed by atoms with Gasteiger partial charge in [0, 0.05) is 22.3 Å². The summed E-state index contributed by atoms with van der Waals surface area (Å²) < 4.78 is 4.75. The Hall–Kier alpha value is -1.50. The second kappa shape index (κ2) is 7.83. The summed E-state index contributed by atoms with van der Waals surface area (Å²) in [6, 6.07) is 4.19. The van der Waals surface area contributed by atoms with E-state index in [-0.39, 0.29) is 13.2 Å². The van der Waals surface area contributed by atoms with Crippen molar-refractivity contribution in [1.29, 1.82) is 0 Å². The highest BCUT2D eigenvalue weighted by molar-refractivity contribution is 6.35. The first-order chi connectivity index (χ1) is 8.97. The molecule has 2 amide bonds.